The molecule has 1 atom stereocenters. The summed E-state index contributed by atoms with van der Waals surface area (Å²) in [6.45, 7) is 3.74. The molecule has 1 N–H and O–H groups in total. The topological polar surface area (TPSA) is 92.6 Å². The van der Waals surface area contributed by atoms with Crippen molar-refractivity contribution in [3.8, 4) is 0 Å². The van der Waals surface area contributed by atoms with E-state index in [-0.39, 0.29) is 10.6 Å². The van der Waals surface area contributed by atoms with Crippen LogP contribution in [0.3, 0.4) is 0 Å². The number of rotatable bonds is 7. The van der Waals surface area contributed by atoms with Gasteiger partial charge in [-0.3, -0.25) is 15.0 Å². The van der Waals surface area contributed by atoms with Crippen LogP contribution in [0.5, 0.6) is 0 Å². The van der Waals surface area contributed by atoms with E-state index in [1.807, 2.05) is 0 Å². The summed E-state index contributed by atoms with van der Waals surface area (Å²) in [4.78, 5) is 14.0. The average molecular weight is 410 g/mol. The van der Waals surface area contributed by atoms with Gasteiger partial charge in [-0.05, 0) is 48.9 Å². The van der Waals surface area contributed by atoms with Crippen molar-refractivity contribution in [2.24, 2.45) is 5.92 Å². The van der Waals surface area contributed by atoms with E-state index in [1.165, 1.54) is 17.0 Å². The quantitative estimate of drug-likeness (QED) is 0.557. The first-order valence-corrected chi connectivity index (χ1v) is 11.6. The van der Waals surface area contributed by atoms with Crippen molar-refractivity contribution < 1.29 is 13.3 Å². The molecule has 0 aliphatic carbocycles. The number of nitrogens with zero attached hydrogens (tertiary/aromatic N) is 2. The lowest BCUT2D eigenvalue weighted by atomic mass is 9.98. The molecule has 2 heterocycles. The molecule has 0 amide bonds. The maximum Gasteiger partial charge on any atom is 0.288 e. The minimum absolute atomic E-state index is 0.250. The second kappa shape index (κ2) is 8.37. The highest BCUT2D eigenvalue weighted by atomic mass is 32.2. The predicted octanol–water partition coefficient (Wildman–Crippen LogP) is 3.38. The van der Waals surface area contributed by atoms with Crippen molar-refractivity contribution in [2.75, 3.05) is 31.2 Å². The van der Waals surface area contributed by atoms with E-state index < -0.39 is 14.8 Å². The molecule has 1 aliphatic rings. The third-order valence-corrected chi connectivity index (χ3v) is 6.70. The number of thiophene rings is 1. The first-order chi connectivity index (χ1) is 12.8. The summed E-state index contributed by atoms with van der Waals surface area (Å²) < 4.78 is 23.7. The molecule has 0 saturated carbocycles. The molecule has 0 spiro atoms. The van der Waals surface area contributed by atoms with Gasteiger partial charge in [0, 0.05) is 42.5 Å². The van der Waals surface area contributed by atoms with Gasteiger partial charge in [0.1, 0.15) is 4.90 Å². The van der Waals surface area contributed by atoms with E-state index in [9.17, 15) is 18.5 Å². The zero-order valence-corrected chi connectivity index (χ0v) is 16.8. The summed E-state index contributed by atoms with van der Waals surface area (Å²) in [7, 11) is -3.67. The number of benzene rings is 1. The molecule has 7 nitrogen and oxygen atoms in total. The lowest BCUT2D eigenvalue weighted by molar-refractivity contribution is -0.387. The Balaban J connectivity index is 1.63. The highest BCUT2D eigenvalue weighted by molar-refractivity contribution is 7.90. The third kappa shape index (κ3) is 5.27. The molecule has 0 radical (unpaired) electrons. The summed E-state index contributed by atoms with van der Waals surface area (Å²) in [6.07, 6.45) is 3.23. The Kier molecular flexibility index (Phi) is 6.13. The van der Waals surface area contributed by atoms with Crippen LogP contribution in [0.4, 0.5) is 11.4 Å². The van der Waals surface area contributed by atoms with Gasteiger partial charge < -0.3 is 5.32 Å². The molecule has 1 unspecified atom stereocenters. The van der Waals surface area contributed by atoms with Crippen LogP contribution in [0.25, 0.3) is 0 Å². The van der Waals surface area contributed by atoms with Gasteiger partial charge in [-0.1, -0.05) is 6.07 Å². The Morgan fingerprint density at radius 3 is 2.85 bits per heavy atom. The highest BCUT2D eigenvalue weighted by Gasteiger charge is 2.23. The van der Waals surface area contributed by atoms with Crippen molar-refractivity contribution >= 4 is 32.5 Å². The molecule has 1 saturated heterocycles. The van der Waals surface area contributed by atoms with Gasteiger partial charge in [0.05, 0.1) is 4.92 Å². The summed E-state index contributed by atoms with van der Waals surface area (Å²) in [5.74, 6) is 0.454. The Bertz CT molecular complexity index is 897. The smallest absolute Gasteiger partial charge is 0.288 e. The van der Waals surface area contributed by atoms with E-state index in [0.29, 0.717) is 18.2 Å². The van der Waals surface area contributed by atoms with Crippen molar-refractivity contribution in [3.05, 3.63) is 50.7 Å². The van der Waals surface area contributed by atoms with Crippen molar-refractivity contribution in [1.82, 2.24) is 4.90 Å². The van der Waals surface area contributed by atoms with Crippen LogP contribution in [-0.4, -0.2) is 44.1 Å². The summed E-state index contributed by atoms with van der Waals surface area (Å²) in [6, 6.07) is 8.40. The zero-order valence-electron chi connectivity index (χ0n) is 15.1. The second-order valence-electron chi connectivity index (χ2n) is 6.92. The molecular weight excluding hydrogens is 386 g/mol. The van der Waals surface area contributed by atoms with Gasteiger partial charge in [0.25, 0.3) is 5.69 Å². The lowest BCUT2D eigenvalue weighted by Crippen LogP contribution is -2.37. The van der Waals surface area contributed by atoms with Crippen LogP contribution < -0.4 is 5.32 Å². The Morgan fingerprint density at radius 1 is 1.37 bits per heavy atom. The minimum atomic E-state index is -3.67. The van der Waals surface area contributed by atoms with E-state index >= 15 is 0 Å². The van der Waals surface area contributed by atoms with Gasteiger partial charge in [-0.25, -0.2) is 8.42 Å². The molecule has 1 aromatic heterocycles. The first-order valence-electron chi connectivity index (χ1n) is 8.80. The van der Waals surface area contributed by atoms with E-state index in [4.69, 9.17) is 0 Å². The van der Waals surface area contributed by atoms with Crippen LogP contribution in [0.1, 0.15) is 17.7 Å². The molecule has 3 rings (SSSR count). The average Bonchev–Trinajstić information content (AvgIpc) is 3.12. The van der Waals surface area contributed by atoms with Gasteiger partial charge in [0.15, 0.2) is 9.84 Å². The van der Waals surface area contributed by atoms with Crippen LogP contribution in [0, 0.1) is 16.0 Å². The van der Waals surface area contributed by atoms with Gasteiger partial charge in [0.2, 0.25) is 0 Å². The summed E-state index contributed by atoms with van der Waals surface area (Å²) >= 11 is 1.77. The van der Waals surface area contributed by atoms with Crippen LogP contribution in [0.2, 0.25) is 0 Å². The minimum Gasteiger partial charge on any atom is -0.385 e. The van der Waals surface area contributed by atoms with Gasteiger partial charge in [-0.15, -0.1) is 11.3 Å². The highest BCUT2D eigenvalue weighted by Crippen LogP contribution is 2.28. The molecule has 1 aliphatic heterocycles. The van der Waals surface area contributed by atoms with E-state index in [2.05, 4.69) is 27.7 Å². The fourth-order valence-corrected chi connectivity index (χ4v) is 5.03. The number of anilines is 1. The van der Waals surface area contributed by atoms with E-state index in [0.717, 1.165) is 38.7 Å². The number of nitrogens with one attached hydrogen (secondary N) is 1. The standard InChI is InChI=1S/C18H23N3O4S2/c1-27(24,25)18-10-15(6-7-17(18)21(22)23)19-11-14-4-2-8-20(12-14)13-16-5-3-9-26-16/h3,5-7,9-10,14,19H,2,4,8,11-13H2,1H3. The van der Waals surface area contributed by atoms with Crippen molar-refractivity contribution in [3.63, 3.8) is 0 Å². The maximum absolute atomic E-state index is 11.9. The monoisotopic (exact) mass is 409 g/mol. The second-order valence-corrected chi connectivity index (χ2v) is 9.93. The number of sulfone groups is 1. The molecule has 2 aromatic rings. The Morgan fingerprint density at radius 2 is 2.19 bits per heavy atom. The van der Waals surface area contributed by atoms with Crippen molar-refractivity contribution in [1.29, 1.82) is 0 Å². The Hall–Kier alpha value is -1.97. The third-order valence-electron chi connectivity index (χ3n) is 4.71. The normalized spacial score (nSPS) is 18.3. The number of piperidine rings is 1. The zero-order chi connectivity index (χ0) is 19.4. The van der Waals surface area contributed by atoms with Crippen LogP contribution in [-0.2, 0) is 16.4 Å². The number of hydrogen-bond donors (Lipinski definition) is 1. The molecular formula is C18H23N3O4S2. The van der Waals surface area contributed by atoms with Gasteiger partial charge in [-0.2, -0.15) is 0 Å². The fourth-order valence-electron chi connectivity index (χ4n) is 3.42. The predicted molar refractivity (Wildman–Crippen MR) is 107 cm³/mol. The van der Waals surface area contributed by atoms with Crippen LogP contribution in [0.15, 0.2) is 40.6 Å². The molecule has 1 fully saturated rings. The molecule has 146 valence electrons. The maximum atomic E-state index is 11.9. The number of likely N-dealkylation sites (tertiary alicyclic amines) is 1. The number of nitro groups is 1. The largest absolute Gasteiger partial charge is 0.385 e. The number of hydrogen-bond acceptors (Lipinski definition) is 7. The van der Waals surface area contributed by atoms with Gasteiger partial charge >= 0.3 is 0 Å². The number of nitro benzene ring substituents is 1. The summed E-state index contributed by atoms with van der Waals surface area (Å²) in [5.41, 5.74) is 0.208. The first kappa shape index (κ1) is 19.8. The molecule has 27 heavy (non-hydrogen) atoms. The molecule has 1 aromatic carbocycles. The fraction of sp³-hybridized carbons (Fsp3) is 0.444. The van der Waals surface area contributed by atoms with E-state index in [1.54, 1.807) is 17.4 Å². The van der Waals surface area contributed by atoms with Crippen molar-refractivity contribution in [2.45, 2.75) is 24.3 Å². The Labute approximate surface area is 163 Å². The summed E-state index contributed by atoms with van der Waals surface area (Å²) in [5, 5.41) is 16.4. The molecule has 9 heteroatoms. The van der Waals surface area contributed by atoms with Crippen LogP contribution >= 0.6 is 11.3 Å². The molecule has 0 bridgehead atoms. The SMILES string of the molecule is CS(=O)(=O)c1cc(NCC2CCCN(Cc3cccs3)C2)ccc1[N+](=O)[O-]. The lowest BCUT2D eigenvalue weighted by Gasteiger charge is -2.32.